The monoisotopic (exact) mass is 575 g/mol. The molecule has 7 N–H and O–H groups in total. The van der Waals surface area contributed by atoms with Gasteiger partial charge in [0.05, 0.1) is 12.7 Å². The lowest BCUT2D eigenvalue weighted by Gasteiger charge is -2.43. The Labute approximate surface area is 217 Å². The van der Waals surface area contributed by atoms with Gasteiger partial charge in [-0.05, 0) is 13.8 Å². The number of hydrogen-bond donors (Lipinski definition) is 5. The average Bonchev–Trinajstić information content (AvgIpc) is 3.43. The number of ether oxygens (including phenoxy) is 1. The molecule has 19 nitrogen and oxygen atoms in total. The van der Waals surface area contributed by atoms with Crippen LogP contribution in [-0.2, 0) is 47.4 Å². The van der Waals surface area contributed by atoms with E-state index in [1.807, 2.05) is 0 Å². The molecule has 2 atom stereocenters. The van der Waals surface area contributed by atoms with Crippen LogP contribution in [0.15, 0.2) is 16.7 Å². The Balaban J connectivity index is 1.85. The van der Waals surface area contributed by atoms with E-state index in [1.165, 1.54) is 25.4 Å². The summed E-state index contributed by atoms with van der Waals surface area (Å²) >= 11 is 0.930. The quantitative estimate of drug-likeness (QED) is 0.0815. The zero-order valence-corrected chi connectivity index (χ0v) is 21.2. The van der Waals surface area contributed by atoms with Crippen molar-refractivity contribution in [2.24, 2.45) is 10.9 Å². The van der Waals surface area contributed by atoms with E-state index < -0.39 is 64.1 Å². The second-order valence-electron chi connectivity index (χ2n) is 8.05. The predicted octanol–water partition coefficient (Wildman–Crippen LogP) is -2.31. The third-order valence-electron chi connectivity index (χ3n) is 4.86. The Morgan fingerprint density at radius 1 is 1.34 bits per heavy atom. The van der Waals surface area contributed by atoms with E-state index in [1.54, 1.807) is 0 Å². The highest BCUT2D eigenvalue weighted by molar-refractivity contribution is 7.84. The van der Waals surface area contributed by atoms with Crippen LogP contribution in [0.25, 0.3) is 0 Å². The number of carboxylic acid groups (broad SMARTS) is 1. The van der Waals surface area contributed by atoms with Gasteiger partial charge < -0.3 is 31.5 Å². The summed E-state index contributed by atoms with van der Waals surface area (Å²) in [6.45, 7) is 1.55. The maximum Gasteiger partial charge on any atom is 0.404 e. The first-order chi connectivity index (χ1) is 17.6. The van der Waals surface area contributed by atoms with E-state index in [4.69, 9.17) is 16.3 Å². The molecule has 0 spiro atoms. The minimum absolute atomic E-state index is 0.0361. The van der Waals surface area contributed by atoms with Crippen molar-refractivity contribution in [2.75, 3.05) is 5.73 Å². The number of rotatable bonds is 11. The number of nitrogens with two attached hydrogens (primary N) is 2. The zero-order chi connectivity index (χ0) is 28.4. The molecule has 38 heavy (non-hydrogen) atoms. The van der Waals surface area contributed by atoms with Crippen LogP contribution in [0.1, 0.15) is 25.2 Å². The van der Waals surface area contributed by atoms with Gasteiger partial charge in [0.25, 0.3) is 11.8 Å². The van der Waals surface area contributed by atoms with Crippen LogP contribution < -0.4 is 16.8 Å². The molecule has 206 valence electrons. The molecular weight excluding hydrogens is 554 g/mol. The first-order valence-electron chi connectivity index (χ1n) is 10.2. The molecule has 21 heteroatoms. The Morgan fingerprint density at radius 2 is 2.03 bits per heavy atom. The van der Waals surface area contributed by atoms with Crippen LogP contribution >= 0.6 is 11.3 Å². The lowest BCUT2D eigenvalue weighted by Crippen LogP contribution is -2.73. The molecule has 0 aromatic carbocycles. The fraction of sp³-hybridized carbons (Fsp3) is 0.412. The average molecular weight is 576 g/mol. The molecule has 2 aromatic rings. The van der Waals surface area contributed by atoms with E-state index in [-0.39, 0.29) is 27.4 Å². The van der Waals surface area contributed by atoms with Gasteiger partial charge in [0.15, 0.2) is 10.8 Å². The number of thiazole rings is 1. The number of hydrogen-bond acceptors (Lipinski definition) is 14. The number of β-lactam (4-membered cyclic amide) rings is 1. The lowest BCUT2D eigenvalue weighted by atomic mass is 9.98. The summed E-state index contributed by atoms with van der Waals surface area (Å²) in [7, 11) is -5.05. The first-order valence-corrected chi connectivity index (χ1v) is 12.5. The minimum Gasteiger partial charge on any atom is -0.478 e. The summed E-state index contributed by atoms with van der Waals surface area (Å²) in [4.78, 5) is 57.5. The molecule has 0 unspecified atom stereocenters. The van der Waals surface area contributed by atoms with Gasteiger partial charge in [0, 0.05) is 5.38 Å². The molecule has 0 aliphatic carbocycles. The SMILES string of the molecule is CC(C)(ON=C(C(=O)N[C@@H]1C(=O)N(S(=O)(=O)O)[C@@H]1Cn1ncc(COC(N)=O)n1)c1csc(N)n1)C(=O)O. The Morgan fingerprint density at radius 3 is 2.58 bits per heavy atom. The van der Waals surface area contributed by atoms with Crippen LogP contribution in [0.4, 0.5) is 9.93 Å². The molecule has 3 rings (SSSR count). The van der Waals surface area contributed by atoms with Crippen molar-refractivity contribution in [3.05, 3.63) is 23.0 Å². The number of anilines is 1. The largest absolute Gasteiger partial charge is 0.478 e. The molecule has 0 bridgehead atoms. The van der Waals surface area contributed by atoms with E-state index in [2.05, 4.69) is 30.4 Å². The summed E-state index contributed by atoms with van der Waals surface area (Å²) in [5, 5.41) is 24.2. The van der Waals surface area contributed by atoms with Crippen LogP contribution in [0.5, 0.6) is 0 Å². The molecule has 1 aliphatic heterocycles. The van der Waals surface area contributed by atoms with E-state index in [0.717, 1.165) is 16.1 Å². The van der Waals surface area contributed by atoms with Crippen LogP contribution in [0.2, 0.25) is 0 Å². The van der Waals surface area contributed by atoms with Gasteiger partial charge in [-0.25, -0.2) is 18.9 Å². The summed E-state index contributed by atoms with van der Waals surface area (Å²) in [6.07, 6.45) is 0.104. The van der Waals surface area contributed by atoms with Crippen molar-refractivity contribution in [3.63, 3.8) is 0 Å². The topological polar surface area (TPSA) is 285 Å². The number of nitrogens with zero attached hydrogens (tertiary/aromatic N) is 6. The van der Waals surface area contributed by atoms with Crippen molar-refractivity contribution in [1.82, 2.24) is 29.6 Å². The minimum atomic E-state index is -5.05. The van der Waals surface area contributed by atoms with Gasteiger partial charge >= 0.3 is 22.4 Å². The second kappa shape index (κ2) is 10.5. The predicted molar refractivity (Wildman–Crippen MR) is 124 cm³/mol. The van der Waals surface area contributed by atoms with Crippen LogP contribution in [0, 0.1) is 0 Å². The number of nitrogens with one attached hydrogen (secondary N) is 1. The lowest BCUT2D eigenvalue weighted by molar-refractivity contribution is -0.161. The number of carbonyl (C=O) groups excluding carboxylic acids is 3. The van der Waals surface area contributed by atoms with E-state index in [9.17, 15) is 37.3 Å². The fourth-order valence-electron chi connectivity index (χ4n) is 2.95. The normalized spacial score (nSPS) is 18.0. The van der Waals surface area contributed by atoms with Crippen molar-refractivity contribution in [2.45, 2.75) is 44.7 Å². The van der Waals surface area contributed by atoms with Gasteiger partial charge in [-0.3, -0.25) is 14.1 Å². The van der Waals surface area contributed by atoms with Gasteiger partial charge in [-0.1, -0.05) is 5.16 Å². The molecule has 1 saturated heterocycles. The summed E-state index contributed by atoms with van der Waals surface area (Å²) in [5.41, 5.74) is 8.07. The Bertz CT molecular complexity index is 1400. The zero-order valence-electron chi connectivity index (χ0n) is 19.5. The number of aromatic nitrogens is 4. The van der Waals surface area contributed by atoms with Crippen molar-refractivity contribution in [1.29, 1.82) is 0 Å². The summed E-state index contributed by atoms with van der Waals surface area (Å²) < 4.78 is 37.7. The van der Waals surface area contributed by atoms with E-state index >= 15 is 0 Å². The van der Waals surface area contributed by atoms with Crippen molar-refractivity contribution >= 4 is 56.4 Å². The maximum atomic E-state index is 13.1. The van der Waals surface area contributed by atoms with Gasteiger partial charge in [-0.2, -0.15) is 23.4 Å². The first kappa shape index (κ1) is 28.2. The molecule has 0 radical (unpaired) electrons. The standard InChI is InChI=1S/C17H21N9O10S2/c1-17(2,14(29)30)36-24-10(8-6-37-15(18)21-8)12(27)22-11-9(26(13(11)28)38(32,33)34)4-25-20-3-7(23-25)5-35-16(19)31/h3,6,9,11H,4-5H2,1-2H3,(H2,18,21)(H2,19,31)(H,22,27)(H,29,30)(H,32,33,34)/t9-,11+/m1/s1. The number of nitrogen functional groups attached to an aromatic ring is 1. The highest BCUT2D eigenvalue weighted by Crippen LogP contribution is 2.25. The molecular formula is C17H21N9O10S2. The smallest absolute Gasteiger partial charge is 0.404 e. The summed E-state index contributed by atoms with van der Waals surface area (Å²) in [6, 6.07) is -2.94. The second-order valence-corrected chi connectivity index (χ2v) is 10.2. The third kappa shape index (κ3) is 6.30. The van der Waals surface area contributed by atoms with Crippen molar-refractivity contribution < 1.29 is 46.8 Å². The van der Waals surface area contributed by atoms with Crippen molar-refractivity contribution in [3.8, 4) is 0 Å². The number of primary amides is 1. The van der Waals surface area contributed by atoms with Gasteiger partial charge in [-0.15, -0.1) is 11.3 Å². The van der Waals surface area contributed by atoms with Crippen LogP contribution in [0.3, 0.4) is 0 Å². The third-order valence-corrected chi connectivity index (χ3v) is 6.48. The van der Waals surface area contributed by atoms with E-state index in [0.29, 0.717) is 0 Å². The Hall–Kier alpha value is -4.37. The highest BCUT2D eigenvalue weighted by atomic mass is 32.2. The number of oxime groups is 1. The molecule has 0 saturated carbocycles. The molecule has 2 aromatic heterocycles. The molecule has 1 aliphatic rings. The highest BCUT2D eigenvalue weighted by Gasteiger charge is 2.54. The molecule has 3 heterocycles. The number of carboxylic acids is 1. The fourth-order valence-corrected chi connectivity index (χ4v) is 4.37. The Kier molecular flexibility index (Phi) is 7.83. The van der Waals surface area contributed by atoms with Crippen LogP contribution in [-0.4, -0.2) is 89.6 Å². The van der Waals surface area contributed by atoms with Gasteiger partial charge in [0.2, 0.25) is 5.60 Å². The number of carbonyl (C=O) groups is 4. The van der Waals surface area contributed by atoms with Gasteiger partial charge in [0.1, 0.15) is 30.1 Å². The number of aliphatic carboxylic acids is 1. The summed E-state index contributed by atoms with van der Waals surface area (Å²) in [5.74, 6) is -3.69. The maximum absolute atomic E-state index is 13.1. The number of amides is 3. The molecule has 3 amide bonds. The molecule has 1 fully saturated rings.